The van der Waals surface area contributed by atoms with E-state index in [1.54, 1.807) is 4.90 Å². The summed E-state index contributed by atoms with van der Waals surface area (Å²) in [6, 6.07) is -0.460. The van der Waals surface area contributed by atoms with Gasteiger partial charge in [-0.1, -0.05) is 0 Å². The topological polar surface area (TPSA) is 147 Å². The molecule has 2 amide bonds. The Labute approximate surface area is 179 Å². The highest BCUT2D eigenvalue weighted by molar-refractivity contribution is 5.75. The summed E-state index contributed by atoms with van der Waals surface area (Å²) in [5.41, 5.74) is 0. The van der Waals surface area contributed by atoms with Gasteiger partial charge in [-0.05, 0) is 12.8 Å². The van der Waals surface area contributed by atoms with Crippen molar-refractivity contribution in [3.05, 3.63) is 0 Å². The van der Waals surface area contributed by atoms with E-state index in [1.165, 1.54) is 6.92 Å². The molecule has 2 aliphatic heterocycles. The number of carbonyl (C=O) groups is 5. The van der Waals surface area contributed by atoms with Crippen molar-refractivity contribution in [3.63, 3.8) is 0 Å². The van der Waals surface area contributed by atoms with E-state index in [4.69, 9.17) is 23.7 Å². The predicted octanol–water partition coefficient (Wildman–Crippen LogP) is -0.125. The molecule has 31 heavy (non-hydrogen) atoms. The minimum atomic E-state index is -1.32. The smallest absolute Gasteiger partial charge is 0.319 e. The lowest BCUT2D eigenvalue weighted by Gasteiger charge is -2.44. The van der Waals surface area contributed by atoms with Gasteiger partial charge in [0, 0.05) is 40.8 Å². The first-order valence-corrected chi connectivity index (χ1v) is 9.94. The van der Waals surface area contributed by atoms with Crippen LogP contribution in [0.3, 0.4) is 0 Å². The van der Waals surface area contributed by atoms with Gasteiger partial charge in [0.25, 0.3) is 0 Å². The second kappa shape index (κ2) is 10.9. The molecule has 174 valence electrons. The van der Waals surface area contributed by atoms with Crippen LogP contribution >= 0.6 is 0 Å². The molecule has 12 heteroatoms. The SMILES string of the molecule is CC(=O)OC[C@H]1O[C@H](NC(=O)N2CCCC2)[C@H](OC(C)=O)[C@@H](OC(C)=O)[C@@H]1OC(C)=O. The summed E-state index contributed by atoms with van der Waals surface area (Å²) in [6.07, 6.45) is -4.54. The predicted molar refractivity (Wildman–Crippen MR) is 101 cm³/mol. The number of ether oxygens (including phenoxy) is 5. The minimum Gasteiger partial charge on any atom is -0.463 e. The third-order valence-corrected chi connectivity index (χ3v) is 4.65. The average molecular weight is 444 g/mol. The van der Waals surface area contributed by atoms with Gasteiger partial charge in [-0.3, -0.25) is 19.2 Å². The summed E-state index contributed by atoms with van der Waals surface area (Å²) in [6.45, 7) is 5.33. The second-order valence-electron chi connectivity index (χ2n) is 7.26. The van der Waals surface area contributed by atoms with E-state index >= 15 is 0 Å². The first kappa shape index (κ1) is 24.4. The number of hydrogen-bond acceptors (Lipinski definition) is 10. The van der Waals surface area contributed by atoms with Gasteiger partial charge in [-0.2, -0.15) is 0 Å². The Bertz CT molecular complexity index is 706. The summed E-state index contributed by atoms with van der Waals surface area (Å²) >= 11 is 0. The van der Waals surface area contributed by atoms with Crippen molar-refractivity contribution in [1.82, 2.24) is 10.2 Å². The van der Waals surface area contributed by atoms with Gasteiger partial charge in [-0.15, -0.1) is 0 Å². The molecule has 2 heterocycles. The van der Waals surface area contributed by atoms with E-state index in [0.717, 1.165) is 33.6 Å². The standard InChI is InChI=1S/C19H28N2O10/c1-10(22)27-9-14-15(28-11(2)23)16(29-12(3)24)17(30-13(4)25)18(31-14)20-19(26)21-7-5-6-8-21/h14-18H,5-9H2,1-4H3,(H,20,26)/t14-,15-,16+,17-,18+/m1/s1. The number of carbonyl (C=O) groups excluding carboxylic acids is 5. The van der Waals surface area contributed by atoms with E-state index in [-0.39, 0.29) is 6.61 Å². The van der Waals surface area contributed by atoms with E-state index in [0.29, 0.717) is 13.1 Å². The molecule has 2 fully saturated rings. The van der Waals surface area contributed by atoms with Crippen LogP contribution in [0, 0.1) is 0 Å². The van der Waals surface area contributed by atoms with Gasteiger partial charge in [0.05, 0.1) is 0 Å². The monoisotopic (exact) mass is 444 g/mol. The van der Waals surface area contributed by atoms with E-state index in [2.05, 4.69) is 5.32 Å². The first-order chi connectivity index (χ1) is 14.6. The Morgan fingerprint density at radius 2 is 1.32 bits per heavy atom. The van der Waals surface area contributed by atoms with Crippen molar-refractivity contribution in [1.29, 1.82) is 0 Å². The van der Waals surface area contributed by atoms with Gasteiger partial charge >= 0.3 is 29.9 Å². The van der Waals surface area contributed by atoms with E-state index < -0.39 is 60.6 Å². The molecular formula is C19H28N2O10. The molecule has 0 aromatic carbocycles. The van der Waals surface area contributed by atoms with Crippen LogP contribution in [0.2, 0.25) is 0 Å². The van der Waals surface area contributed by atoms with E-state index in [9.17, 15) is 24.0 Å². The molecule has 5 atom stereocenters. The zero-order chi connectivity index (χ0) is 23.1. The summed E-state index contributed by atoms with van der Waals surface area (Å²) in [7, 11) is 0. The van der Waals surface area contributed by atoms with Crippen LogP contribution in [-0.2, 0) is 42.9 Å². The molecule has 0 radical (unpaired) electrons. The number of urea groups is 1. The quantitative estimate of drug-likeness (QED) is 0.434. The molecule has 1 N–H and O–H groups in total. The lowest BCUT2D eigenvalue weighted by atomic mass is 9.97. The molecular weight excluding hydrogens is 416 g/mol. The van der Waals surface area contributed by atoms with Crippen molar-refractivity contribution in [2.75, 3.05) is 19.7 Å². The van der Waals surface area contributed by atoms with Gasteiger partial charge in [0.1, 0.15) is 12.7 Å². The normalized spacial score (nSPS) is 27.7. The number of amides is 2. The van der Waals surface area contributed by atoms with Crippen molar-refractivity contribution >= 4 is 29.9 Å². The molecule has 2 rings (SSSR count). The summed E-state index contributed by atoms with van der Waals surface area (Å²) in [5.74, 6) is -2.81. The maximum Gasteiger partial charge on any atom is 0.319 e. The summed E-state index contributed by atoms with van der Waals surface area (Å²) in [4.78, 5) is 60.7. The highest BCUT2D eigenvalue weighted by Gasteiger charge is 2.52. The zero-order valence-electron chi connectivity index (χ0n) is 18.0. The third kappa shape index (κ3) is 7.09. The Kier molecular flexibility index (Phi) is 8.60. The van der Waals surface area contributed by atoms with E-state index in [1.807, 2.05) is 0 Å². The maximum absolute atomic E-state index is 12.6. The Morgan fingerprint density at radius 3 is 1.84 bits per heavy atom. The van der Waals surface area contributed by atoms with Gasteiger partial charge < -0.3 is 33.9 Å². The van der Waals surface area contributed by atoms with Crippen LogP contribution in [0.25, 0.3) is 0 Å². The molecule has 12 nitrogen and oxygen atoms in total. The molecule has 0 spiro atoms. The fourth-order valence-corrected chi connectivity index (χ4v) is 3.48. The fourth-order valence-electron chi connectivity index (χ4n) is 3.48. The van der Waals surface area contributed by atoms with Gasteiger partial charge in [0.15, 0.2) is 24.5 Å². The zero-order valence-corrected chi connectivity index (χ0v) is 18.0. The summed E-state index contributed by atoms with van der Waals surface area (Å²) < 4.78 is 26.7. The molecule has 0 aromatic rings. The Balaban J connectivity index is 2.36. The van der Waals surface area contributed by atoms with Crippen molar-refractivity contribution in [2.45, 2.75) is 71.2 Å². The second-order valence-corrected chi connectivity index (χ2v) is 7.26. The molecule has 0 aliphatic carbocycles. The third-order valence-electron chi connectivity index (χ3n) is 4.65. The van der Waals surface area contributed by atoms with Crippen LogP contribution in [-0.4, -0.2) is 85.1 Å². The fraction of sp³-hybridized carbons (Fsp3) is 0.737. The molecule has 2 saturated heterocycles. The van der Waals surface area contributed by atoms with Crippen molar-refractivity contribution in [3.8, 4) is 0 Å². The average Bonchev–Trinajstić information content (AvgIpc) is 3.18. The lowest BCUT2D eigenvalue weighted by Crippen LogP contribution is -2.66. The lowest BCUT2D eigenvalue weighted by molar-refractivity contribution is -0.255. The highest BCUT2D eigenvalue weighted by atomic mass is 16.7. The number of nitrogens with zero attached hydrogens (tertiary/aromatic N) is 1. The van der Waals surface area contributed by atoms with Crippen LogP contribution in [0.4, 0.5) is 4.79 Å². The largest absolute Gasteiger partial charge is 0.463 e. The number of nitrogens with one attached hydrogen (secondary N) is 1. The molecule has 0 unspecified atom stereocenters. The number of esters is 4. The van der Waals surface area contributed by atoms with Gasteiger partial charge in [0.2, 0.25) is 0 Å². The first-order valence-electron chi connectivity index (χ1n) is 9.94. The molecule has 0 bridgehead atoms. The summed E-state index contributed by atoms with van der Waals surface area (Å²) in [5, 5.41) is 2.63. The molecule has 0 aromatic heterocycles. The Hall–Kier alpha value is -2.89. The Morgan fingerprint density at radius 1 is 0.806 bits per heavy atom. The van der Waals surface area contributed by atoms with Crippen LogP contribution in [0.5, 0.6) is 0 Å². The maximum atomic E-state index is 12.6. The van der Waals surface area contributed by atoms with Crippen molar-refractivity contribution in [2.24, 2.45) is 0 Å². The van der Waals surface area contributed by atoms with Crippen molar-refractivity contribution < 1.29 is 47.7 Å². The highest BCUT2D eigenvalue weighted by Crippen LogP contribution is 2.28. The van der Waals surface area contributed by atoms with Gasteiger partial charge in [-0.25, -0.2) is 4.79 Å². The number of likely N-dealkylation sites (tertiary alicyclic amines) is 1. The van der Waals surface area contributed by atoms with Crippen LogP contribution in [0.15, 0.2) is 0 Å². The number of rotatable bonds is 6. The number of hydrogen-bond donors (Lipinski definition) is 1. The van der Waals surface area contributed by atoms with Crippen LogP contribution < -0.4 is 5.32 Å². The van der Waals surface area contributed by atoms with Crippen LogP contribution in [0.1, 0.15) is 40.5 Å². The molecule has 0 saturated carbocycles. The molecule has 2 aliphatic rings. The minimum absolute atomic E-state index is 0.353.